The Labute approximate surface area is 164 Å². The standard InChI is InChI=1S/C20H22N4O3S/c1-14(17-8-5-6-12-21-17)24(15-10-11-15)19(25)13-23(2)20-16-7-3-4-9-18(16)28(26,27)22-20/h3-9,12,14-15H,10-11,13H2,1-2H3. The number of benzene rings is 1. The Morgan fingerprint density at radius 3 is 2.57 bits per heavy atom. The number of carbonyl (C=O) groups excluding carboxylic acids is 1. The molecule has 1 amide bonds. The van der Waals surface area contributed by atoms with Crippen LogP contribution in [0, 0.1) is 0 Å². The minimum Gasteiger partial charge on any atom is -0.349 e. The molecule has 2 heterocycles. The summed E-state index contributed by atoms with van der Waals surface area (Å²) in [5.41, 5.74) is 1.38. The fourth-order valence-corrected chi connectivity index (χ4v) is 4.83. The molecule has 146 valence electrons. The maximum absolute atomic E-state index is 13.1. The van der Waals surface area contributed by atoms with Gasteiger partial charge in [0.2, 0.25) is 5.91 Å². The molecule has 1 aliphatic carbocycles. The van der Waals surface area contributed by atoms with Crippen LogP contribution >= 0.6 is 0 Å². The average molecular weight is 398 g/mol. The highest BCUT2D eigenvalue weighted by Gasteiger charge is 2.38. The van der Waals surface area contributed by atoms with Crippen LogP contribution in [0.4, 0.5) is 0 Å². The number of amides is 1. The minimum atomic E-state index is -3.71. The molecule has 2 aromatic rings. The van der Waals surface area contributed by atoms with Gasteiger partial charge in [0.1, 0.15) is 4.90 Å². The van der Waals surface area contributed by atoms with Crippen LogP contribution in [0.5, 0.6) is 0 Å². The fraction of sp³-hybridized carbons (Fsp3) is 0.350. The predicted octanol–water partition coefficient (Wildman–Crippen LogP) is 2.21. The van der Waals surface area contributed by atoms with Crippen molar-refractivity contribution in [2.75, 3.05) is 13.6 Å². The second-order valence-electron chi connectivity index (χ2n) is 7.20. The molecule has 4 rings (SSSR count). The average Bonchev–Trinajstić information content (AvgIpc) is 3.47. The number of fused-ring (bicyclic) bond motifs is 1. The van der Waals surface area contributed by atoms with E-state index in [-0.39, 0.29) is 29.4 Å². The second kappa shape index (κ2) is 7.01. The summed E-state index contributed by atoms with van der Waals surface area (Å²) in [6.07, 6.45) is 3.68. The van der Waals surface area contributed by atoms with Crippen molar-refractivity contribution in [3.8, 4) is 0 Å². The molecular formula is C20H22N4O3S. The second-order valence-corrected chi connectivity index (χ2v) is 8.78. The van der Waals surface area contributed by atoms with E-state index in [0.29, 0.717) is 11.4 Å². The molecule has 2 aliphatic rings. The highest BCUT2D eigenvalue weighted by Crippen LogP contribution is 2.34. The van der Waals surface area contributed by atoms with Crippen molar-refractivity contribution in [1.29, 1.82) is 0 Å². The van der Waals surface area contributed by atoms with Crippen LogP contribution in [0.15, 0.2) is 58.0 Å². The summed E-state index contributed by atoms with van der Waals surface area (Å²) in [4.78, 5) is 21.2. The predicted molar refractivity (Wildman–Crippen MR) is 105 cm³/mol. The third kappa shape index (κ3) is 3.40. The van der Waals surface area contributed by atoms with Crippen LogP contribution in [0.1, 0.15) is 37.1 Å². The number of rotatable bonds is 5. The SMILES string of the molecule is CC(c1ccccn1)N(C(=O)CN(C)C1=NS(=O)(=O)c2ccccc21)C1CC1. The summed E-state index contributed by atoms with van der Waals surface area (Å²) in [5, 5.41) is 0. The molecular weight excluding hydrogens is 376 g/mol. The molecule has 1 fully saturated rings. The summed E-state index contributed by atoms with van der Waals surface area (Å²) in [5.74, 6) is 0.248. The third-order valence-corrected chi connectivity index (χ3v) is 6.43. The van der Waals surface area contributed by atoms with E-state index >= 15 is 0 Å². The molecule has 1 unspecified atom stereocenters. The number of sulfonamides is 1. The molecule has 0 N–H and O–H groups in total. The highest BCUT2D eigenvalue weighted by atomic mass is 32.2. The Morgan fingerprint density at radius 1 is 1.18 bits per heavy atom. The summed E-state index contributed by atoms with van der Waals surface area (Å²) < 4.78 is 28.5. The third-order valence-electron chi connectivity index (χ3n) is 5.11. The normalized spacial score (nSPS) is 18.1. The number of amidine groups is 1. The Hall–Kier alpha value is -2.74. The zero-order chi connectivity index (χ0) is 19.9. The molecule has 0 radical (unpaired) electrons. The lowest BCUT2D eigenvalue weighted by Gasteiger charge is -2.31. The van der Waals surface area contributed by atoms with E-state index in [0.717, 1.165) is 18.5 Å². The van der Waals surface area contributed by atoms with Crippen molar-refractivity contribution in [2.45, 2.75) is 36.7 Å². The lowest BCUT2D eigenvalue weighted by molar-refractivity contribution is -0.134. The van der Waals surface area contributed by atoms with Crippen LogP contribution in [0.2, 0.25) is 0 Å². The van der Waals surface area contributed by atoms with Gasteiger partial charge in [0.25, 0.3) is 10.0 Å². The van der Waals surface area contributed by atoms with E-state index in [2.05, 4.69) is 9.38 Å². The summed E-state index contributed by atoms with van der Waals surface area (Å²) in [6, 6.07) is 12.4. The smallest absolute Gasteiger partial charge is 0.285 e. The first kappa shape index (κ1) is 18.6. The van der Waals surface area contributed by atoms with Crippen molar-refractivity contribution in [3.63, 3.8) is 0 Å². The van der Waals surface area contributed by atoms with E-state index in [1.807, 2.05) is 30.0 Å². The van der Waals surface area contributed by atoms with Gasteiger partial charge in [-0.15, -0.1) is 4.40 Å². The molecule has 1 saturated carbocycles. The van der Waals surface area contributed by atoms with Crippen molar-refractivity contribution in [2.24, 2.45) is 4.40 Å². The number of nitrogens with zero attached hydrogens (tertiary/aromatic N) is 4. The largest absolute Gasteiger partial charge is 0.349 e. The molecule has 7 nitrogen and oxygen atoms in total. The van der Waals surface area contributed by atoms with E-state index in [1.54, 1.807) is 36.3 Å². The number of pyridine rings is 1. The van der Waals surface area contributed by atoms with Crippen LogP contribution in [-0.4, -0.2) is 54.6 Å². The molecule has 0 spiro atoms. The first-order chi connectivity index (χ1) is 13.4. The maximum Gasteiger partial charge on any atom is 0.285 e. The zero-order valence-electron chi connectivity index (χ0n) is 15.8. The molecule has 1 aromatic heterocycles. The Kier molecular flexibility index (Phi) is 4.66. The lowest BCUT2D eigenvalue weighted by atomic mass is 10.1. The molecule has 8 heteroatoms. The van der Waals surface area contributed by atoms with Gasteiger partial charge in [-0.25, -0.2) is 0 Å². The quantitative estimate of drug-likeness (QED) is 0.771. The van der Waals surface area contributed by atoms with Gasteiger partial charge in [-0.1, -0.05) is 18.2 Å². The van der Waals surface area contributed by atoms with E-state index in [4.69, 9.17) is 0 Å². The number of aromatic nitrogens is 1. The summed E-state index contributed by atoms with van der Waals surface area (Å²) >= 11 is 0. The Morgan fingerprint density at radius 2 is 1.89 bits per heavy atom. The van der Waals surface area contributed by atoms with Crippen LogP contribution in [0.25, 0.3) is 0 Å². The minimum absolute atomic E-state index is 0.0519. The molecule has 28 heavy (non-hydrogen) atoms. The van der Waals surface area contributed by atoms with Crippen molar-refractivity contribution in [3.05, 3.63) is 59.9 Å². The molecule has 0 bridgehead atoms. The Bertz CT molecular complexity index is 1030. The van der Waals surface area contributed by atoms with Gasteiger partial charge in [0.15, 0.2) is 5.84 Å². The first-order valence-electron chi connectivity index (χ1n) is 9.26. The van der Waals surface area contributed by atoms with Gasteiger partial charge in [-0.2, -0.15) is 8.42 Å². The number of carbonyl (C=O) groups is 1. The van der Waals surface area contributed by atoms with E-state index in [9.17, 15) is 13.2 Å². The number of hydrogen-bond donors (Lipinski definition) is 0. The van der Waals surface area contributed by atoms with Crippen molar-refractivity contribution >= 4 is 21.8 Å². The van der Waals surface area contributed by atoms with E-state index < -0.39 is 10.0 Å². The van der Waals surface area contributed by atoms with Crippen LogP contribution in [-0.2, 0) is 14.8 Å². The molecule has 1 aliphatic heterocycles. The topological polar surface area (TPSA) is 82.9 Å². The molecule has 1 atom stereocenters. The van der Waals surface area contributed by atoms with Crippen LogP contribution in [0.3, 0.4) is 0 Å². The zero-order valence-corrected chi connectivity index (χ0v) is 16.6. The summed E-state index contributed by atoms with van der Waals surface area (Å²) in [7, 11) is -2.01. The van der Waals surface area contributed by atoms with Gasteiger partial charge in [-0.3, -0.25) is 9.78 Å². The summed E-state index contributed by atoms with van der Waals surface area (Å²) in [6.45, 7) is 2.03. The maximum atomic E-state index is 13.1. The molecule has 1 aromatic carbocycles. The van der Waals surface area contributed by atoms with E-state index in [1.165, 1.54) is 6.07 Å². The van der Waals surface area contributed by atoms with Crippen molar-refractivity contribution < 1.29 is 13.2 Å². The number of hydrogen-bond acceptors (Lipinski definition) is 5. The van der Waals surface area contributed by atoms with Crippen LogP contribution < -0.4 is 0 Å². The molecule has 0 saturated heterocycles. The van der Waals surface area contributed by atoms with Gasteiger partial charge < -0.3 is 9.80 Å². The van der Waals surface area contributed by atoms with Gasteiger partial charge in [0, 0.05) is 24.8 Å². The van der Waals surface area contributed by atoms with Gasteiger partial charge >= 0.3 is 0 Å². The van der Waals surface area contributed by atoms with Gasteiger partial charge in [-0.05, 0) is 44.0 Å². The fourth-order valence-electron chi connectivity index (χ4n) is 3.58. The monoisotopic (exact) mass is 398 g/mol. The number of likely N-dealkylation sites (N-methyl/N-ethyl adjacent to an activating group) is 1. The first-order valence-corrected chi connectivity index (χ1v) is 10.7. The lowest BCUT2D eigenvalue weighted by Crippen LogP contribution is -2.43. The highest BCUT2D eigenvalue weighted by molar-refractivity contribution is 7.90. The van der Waals surface area contributed by atoms with Gasteiger partial charge in [0.05, 0.1) is 18.3 Å². The Balaban J connectivity index is 1.56. The van der Waals surface area contributed by atoms with Crippen molar-refractivity contribution in [1.82, 2.24) is 14.8 Å².